The van der Waals surface area contributed by atoms with Crippen LogP contribution < -0.4 is 10.2 Å². The van der Waals surface area contributed by atoms with E-state index >= 15 is 0 Å². The molecule has 0 amide bonds. The van der Waals surface area contributed by atoms with Crippen molar-refractivity contribution >= 4 is 17.5 Å². The molecule has 1 fully saturated rings. The Labute approximate surface area is 132 Å². The van der Waals surface area contributed by atoms with Crippen LogP contribution in [0.1, 0.15) is 31.0 Å². The van der Waals surface area contributed by atoms with E-state index in [0.29, 0.717) is 5.92 Å². The van der Waals surface area contributed by atoms with Crippen molar-refractivity contribution in [2.24, 2.45) is 5.92 Å². The standard InChI is InChI=1S/C18H24N4/c1-13-6-8-16(9-7-13)20-17-11-15(3)19-18(21-17)22-10-4-5-14(2)12-22/h6-9,11,14H,4-5,10,12H2,1-3H3,(H,19,20,21). The lowest BCUT2D eigenvalue weighted by molar-refractivity contribution is 0.442. The first-order valence-electron chi connectivity index (χ1n) is 8.04. The van der Waals surface area contributed by atoms with Crippen molar-refractivity contribution in [1.82, 2.24) is 9.97 Å². The number of aromatic nitrogens is 2. The summed E-state index contributed by atoms with van der Waals surface area (Å²) in [4.78, 5) is 11.6. The van der Waals surface area contributed by atoms with Gasteiger partial charge in [-0.3, -0.25) is 0 Å². The molecule has 1 unspecified atom stereocenters. The Morgan fingerprint density at radius 3 is 2.64 bits per heavy atom. The molecule has 1 N–H and O–H groups in total. The number of nitrogens with one attached hydrogen (secondary N) is 1. The van der Waals surface area contributed by atoms with Gasteiger partial charge in [0.25, 0.3) is 0 Å². The normalized spacial score (nSPS) is 18.3. The van der Waals surface area contributed by atoms with Crippen LogP contribution in [0.25, 0.3) is 0 Å². The Morgan fingerprint density at radius 2 is 1.91 bits per heavy atom. The molecule has 2 heterocycles. The second-order valence-electron chi connectivity index (χ2n) is 6.38. The van der Waals surface area contributed by atoms with E-state index in [-0.39, 0.29) is 0 Å². The Kier molecular flexibility index (Phi) is 4.27. The van der Waals surface area contributed by atoms with Gasteiger partial charge in [0.2, 0.25) is 5.95 Å². The molecule has 1 aromatic heterocycles. The molecule has 0 bridgehead atoms. The summed E-state index contributed by atoms with van der Waals surface area (Å²) in [5, 5.41) is 3.38. The third-order valence-corrected chi connectivity index (χ3v) is 4.11. The molecule has 2 aromatic rings. The van der Waals surface area contributed by atoms with Crippen molar-refractivity contribution in [1.29, 1.82) is 0 Å². The zero-order valence-corrected chi connectivity index (χ0v) is 13.6. The van der Waals surface area contributed by atoms with Gasteiger partial charge < -0.3 is 10.2 Å². The van der Waals surface area contributed by atoms with Crippen LogP contribution in [0.2, 0.25) is 0 Å². The van der Waals surface area contributed by atoms with E-state index in [1.165, 1.54) is 18.4 Å². The molecule has 4 heteroatoms. The molecule has 1 saturated heterocycles. The van der Waals surface area contributed by atoms with E-state index in [4.69, 9.17) is 4.98 Å². The molecule has 1 aliphatic rings. The molecular weight excluding hydrogens is 272 g/mol. The minimum Gasteiger partial charge on any atom is -0.340 e. The van der Waals surface area contributed by atoms with Crippen LogP contribution in [0.3, 0.4) is 0 Å². The van der Waals surface area contributed by atoms with E-state index in [1.807, 2.05) is 13.0 Å². The van der Waals surface area contributed by atoms with Crippen molar-refractivity contribution in [2.75, 3.05) is 23.3 Å². The van der Waals surface area contributed by atoms with Crippen LogP contribution in [-0.2, 0) is 0 Å². The van der Waals surface area contributed by atoms with Gasteiger partial charge in [-0.2, -0.15) is 4.98 Å². The Bertz CT molecular complexity index is 636. The third-order valence-electron chi connectivity index (χ3n) is 4.11. The molecule has 1 atom stereocenters. The number of rotatable bonds is 3. The van der Waals surface area contributed by atoms with Gasteiger partial charge in [0, 0.05) is 30.5 Å². The predicted octanol–water partition coefficient (Wildman–Crippen LogP) is 4.07. The summed E-state index contributed by atoms with van der Waals surface area (Å²) in [5.74, 6) is 2.43. The topological polar surface area (TPSA) is 41.1 Å². The fraction of sp³-hybridized carbons (Fsp3) is 0.444. The molecule has 1 aromatic carbocycles. The van der Waals surface area contributed by atoms with E-state index < -0.39 is 0 Å². The number of aryl methyl sites for hydroxylation is 2. The molecule has 4 nitrogen and oxygen atoms in total. The highest BCUT2D eigenvalue weighted by atomic mass is 15.3. The summed E-state index contributed by atoms with van der Waals surface area (Å²) < 4.78 is 0. The third kappa shape index (κ3) is 3.56. The fourth-order valence-electron chi connectivity index (χ4n) is 2.91. The Morgan fingerprint density at radius 1 is 1.14 bits per heavy atom. The SMILES string of the molecule is Cc1ccc(Nc2cc(C)nc(N3CCCC(C)C3)n2)cc1. The first-order chi connectivity index (χ1) is 10.6. The molecule has 0 spiro atoms. The van der Waals surface area contributed by atoms with Crippen molar-refractivity contribution in [3.05, 3.63) is 41.6 Å². The molecule has 116 valence electrons. The summed E-state index contributed by atoms with van der Waals surface area (Å²) in [6, 6.07) is 10.4. The first-order valence-corrected chi connectivity index (χ1v) is 8.04. The van der Waals surface area contributed by atoms with E-state index in [9.17, 15) is 0 Å². The summed E-state index contributed by atoms with van der Waals surface area (Å²) in [6.07, 6.45) is 2.52. The largest absolute Gasteiger partial charge is 0.340 e. The lowest BCUT2D eigenvalue weighted by Crippen LogP contribution is -2.35. The van der Waals surface area contributed by atoms with Crippen molar-refractivity contribution in [3.8, 4) is 0 Å². The van der Waals surface area contributed by atoms with E-state index in [1.54, 1.807) is 0 Å². The van der Waals surface area contributed by atoms with Crippen LogP contribution in [0.4, 0.5) is 17.5 Å². The Balaban J connectivity index is 1.81. The second kappa shape index (κ2) is 6.34. The zero-order valence-electron chi connectivity index (χ0n) is 13.6. The molecule has 3 rings (SSSR count). The van der Waals surface area contributed by atoms with Gasteiger partial charge in [0.05, 0.1) is 0 Å². The van der Waals surface area contributed by atoms with Crippen LogP contribution in [0, 0.1) is 19.8 Å². The lowest BCUT2D eigenvalue weighted by Gasteiger charge is -2.31. The summed E-state index contributed by atoms with van der Waals surface area (Å²) in [7, 11) is 0. The number of hydrogen-bond donors (Lipinski definition) is 1. The quantitative estimate of drug-likeness (QED) is 0.927. The molecule has 0 radical (unpaired) electrons. The summed E-state index contributed by atoms with van der Waals surface area (Å²) in [6.45, 7) is 8.52. The minimum atomic E-state index is 0.714. The number of nitrogens with zero attached hydrogens (tertiary/aromatic N) is 3. The molecule has 0 saturated carbocycles. The van der Waals surface area contributed by atoms with Gasteiger partial charge in [0.15, 0.2) is 0 Å². The van der Waals surface area contributed by atoms with Gasteiger partial charge in [-0.25, -0.2) is 4.98 Å². The average Bonchev–Trinajstić information content (AvgIpc) is 2.49. The van der Waals surface area contributed by atoms with Crippen LogP contribution in [0.15, 0.2) is 30.3 Å². The average molecular weight is 296 g/mol. The second-order valence-corrected chi connectivity index (χ2v) is 6.38. The van der Waals surface area contributed by atoms with Crippen LogP contribution in [0.5, 0.6) is 0 Å². The molecule has 22 heavy (non-hydrogen) atoms. The maximum absolute atomic E-state index is 4.71. The highest BCUT2D eigenvalue weighted by Gasteiger charge is 2.19. The van der Waals surface area contributed by atoms with Crippen molar-refractivity contribution in [3.63, 3.8) is 0 Å². The summed E-state index contributed by atoms with van der Waals surface area (Å²) >= 11 is 0. The monoisotopic (exact) mass is 296 g/mol. The molecule has 1 aliphatic heterocycles. The van der Waals surface area contributed by atoms with Crippen molar-refractivity contribution < 1.29 is 0 Å². The Hall–Kier alpha value is -2.10. The minimum absolute atomic E-state index is 0.714. The number of anilines is 3. The molecular formula is C18H24N4. The van der Waals surface area contributed by atoms with Gasteiger partial charge in [-0.15, -0.1) is 0 Å². The maximum atomic E-state index is 4.71. The van der Waals surface area contributed by atoms with E-state index in [0.717, 1.165) is 36.2 Å². The highest BCUT2D eigenvalue weighted by molar-refractivity contribution is 5.58. The van der Waals surface area contributed by atoms with Gasteiger partial charge >= 0.3 is 0 Å². The van der Waals surface area contributed by atoms with Gasteiger partial charge in [-0.05, 0) is 44.7 Å². The molecule has 0 aliphatic carbocycles. The lowest BCUT2D eigenvalue weighted by atomic mass is 10.0. The smallest absolute Gasteiger partial charge is 0.227 e. The highest BCUT2D eigenvalue weighted by Crippen LogP contribution is 2.23. The predicted molar refractivity (Wildman–Crippen MR) is 91.8 cm³/mol. The number of benzene rings is 1. The first kappa shape index (κ1) is 14.8. The number of piperidine rings is 1. The van der Waals surface area contributed by atoms with Crippen molar-refractivity contribution in [2.45, 2.75) is 33.6 Å². The van der Waals surface area contributed by atoms with E-state index in [2.05, 4.69) is 53.3 Å². The summed E-state index contributed by atoms with van der Waals surface area (Å²) in [5.41, 5.74) is 3.31. The number of hydrogen-bond acceptors (Lipinski definition) is 4. The van der Waals surface area contributed by atoms with Gasteiger partial charge in [0.1, 0.15) is 5.82 Å². The van der Waals surface area contributed by atoms with Crippen LogP contribution in [-0.4, -0.2) is 23.1 Å². The maximum Gasteiger partial charge on any atom is 0.227 e. The fourth-order valence-corrected chi connectivity index (χ4v) is 2.91. The van der Waals surface area contributed by atoms with Crippen LogP contribution >= 0.6 is 0 Å². The van der Waals surface area contributed by atoms with Gasteiger partial charge in [-0.1, -0.05) is 24.6 Å². The zero-order chi connectivity index (χ0) is 15.5.